The molecule has 0 aliphatic heterocycles. The third kappa shape index (κ3) is 5.46. The van der Waals surface area contributed by atoms with Crippen LogP contribution in [0.4, 0.5) is 0 Å². The largest absolute Gasteiger partial charge is 0.487 e. The van der Waals surface area contributed by atoms with E-state index < -0.39 is 0 Å². The van der Waals surface area contributed by atoms with E-state index in [4.69, 9.17) is 4.74 Å². The number of nitrogens with zero attached hydrogens (tertiary/aromatic N) is 2. The lowest BCUT2D eigenvalue weighted by Gasteiger charge is -2.10. The molecule has 1 N–H and O–H groups in total. The lowest BCUT2D eigenvalue weighted by atomic mass is 10.2. The Morgan fingerprint density at radius 3 is 3.00 bits per heavy atom. The molecular weight excluding hydrogens is 298 g/mol. The molecular formula is C16H21N3O2S. The molecule has 0 spiro atoms. The molecule has 0 aliphatic carbocycles. The number of hydrogen-bond acceptors (Lipinski definition) is 5. The molecule has 118 valence electrons. The van der Waals surface area contributed by atoms with Gasteiger partial charge in [-0.05, 0) is 45.3 Å². The van der Waals surface area contributed by atoms with Gasteiger partial charge in [-0.25, -0.2) is 4.98 Å². The van der Waals surface area contributed by atoms with Gasteiger partial charge in [0.15, 0.2) is 0 Å². The zero-order valence-corrected chi connectivity index (χ0v) is 13.7. The zero-order chi connectivity index (χ0) is 15.8. The maximum Gasteiger partial charge on any atom is 0.251 e. The van der Waals surface area contributed by atoms with Crippen LogP contribution in [0.25, 0.3) is 0 Å². The molecule has 6 heteroatoms. The topological polar surface area (TPSA) is 54.5 Å². The van der Waals surface area contributed by atoms with Crippen molar-refractivity contribution in [3.63, 3.8) is 0 Å². The molecule has 0 saturated carbocycles. The monoisotopic (exact) mass is 319 g/mol. The molecule has 0 radical (unpaired) electrons. The summed E-state index contributed by atoms with van der Waals surface area (Å²) in [7, 11) is 4.04. The number of aromatic nitrogens is 1. The first kappa shape index (κ1) is 16.5. The molecule has 5 nitrogen and oxygen atoms in total. The smallest absolute Gasteiger partial charge is 0.251 e. The van der Waals surface area contributed by atoms with Gasteiger partial charge < -0.3 is 15.0 Å². The highest BCUT2D eigenvalue weighted by Crippen LogP contribution is 2.15. The van der Waals surface area contributed by atoms with Gasteiger partial charge in [-0.15, -0.1) is 11.3 Å². The van der Waals surface area contributed by atoms with E-state index in [0.717, 1.165) is 18.7 Å². The average Bonchev–Trinajstić information content (AvgIpc) is 3.03. The van der Waals surface area contributed by atoms with E-state index in [0.29, 0.717) is 24.5 Å². The molecule has 0 unspecified atom stereocenters. The Kier molecular flexibility index (Phi) is 6.36. The maximum atomic E-state index is 12.1. The van der Waals surface area contributed by atoms with Crippen molar-refractivity contribution in [1.82, 2.24) is 15.2 Å². The third-order valence-electron chi connectivity index (χ3n) is 3.03. The fourth-order valence-electron chi connectivity index (χ4n) is 1.89. The number of amides is 1. The van der Waals surface area contributed by atoms with Crippen LogP contribution in [0.15, 0.2) is 35.2 Å². The second-order valence-corrected chi connectivity index (χ2v) is 5.93. The van der Waals surface area contributed by atoms with Gasteiger partial charge in [0.05, 0.1) is 11.2 Å². The van der Waals surface area contributed by atoms with E-state index in [1.54, 1.807) is 17.6 Å². The Morgan fingerprint density at radius 1 is 1.41 bits per heavy atom. The highest BCUT2D eigenvalue weighted by molar-refractivity contribution is 7.07. The van der Waals surface area contributed by atoms with Gasteiger partial charge in [0.2, 0.25) is 0 Å². The average molecular weight is 319 g/mol. The predicted molar refractivity (Wildman–Crippen MR) is 88.4 cm³/mol. The van der Waals surface area contributed by atoms with Gasteiger partial charge in [0.1, 0.15) is 12.4 Å². The minimum atomic E-state index is -0.0714. The van der Waals surface area contributed by atoms with Gasteiger partial charge in [-0.1, -0.05) is 6.07 Å². The summed E-state index contributed by atoms with van der Waals surface area (Å²) in [4.78, 5) is 18.3. The fraction of sp³-hybridized carbons (Fsp3) is 0.375. The van der Waals surface area contributed by atoms with Crippen LogP contribution >= 0.6 is 11.3 Å². The van der Waals surface area contributed by atoms with Crippen molar-refractivity contribution in [2.24, 2.45) is 0 Å². The number of carbonyl (C=O) groups is 1. The van der Waals surface area contributed by atoms with E-state index in [9.17, 15) is 4.79 Å². The van der Waals surface area contributed by atoms with E-state index in [1.165, 1.54) is 11.3 Å². The van der Waals surface area contributed by atoms with Gasteiger partial charge in [-0.3, -0.25) is 4.79 Å². The van der Waals surface area contributed by atoms with Crippen molar-refractivity contribution in [1.29, 1.82) is 0 Å². The number of hydrogen-bond donors (Lipinski definition) is 1. The summed E-state index contributed by atoms with van der Waals surface area (Å²) in [5.74, 6) is 0.604. The van der Waals surface area contributed by atoms with Crippen molar-refractivity contribution in [3.8, 4) is 5.75 Å². The SMILES string of the molecule is CN(C)CCCNC(=O)c1cccc(OCc2cscn2)c1. The second-order valence-electron chi connectivity index (χ2n) is 5.21. The third-order valence-corrected chi connectivity index (χ3v) is 3.67. The summed E-state index contributed by atoms with van der Waals surface area (Å²) in [5, 5.41) is 4.87. The van der Waals surface area contributed by atoms with E-state index in [2.05, 4.69) is 15.2 Å². The molecule has 0 bridgehead atoms. The molecule has 0 saturated heterocycles. The summed E-state index contributed by atoms with van der Waals surface area (Å²) >= 11 is 1.54. The second kappa shape index (κ2) is 8.51. The zero-order valence-electron chi connectivity index (χ0n) is 12.9. The van der Waals surface area contributed by atoms with E-state index in [-0.39, 0.29) is 5.91 Å². The van der Waals surface area contributed by atoms with Gasteiger partial charge >= 0.3 is 0 Å². The Bertz CT molecular complexity index is 585. The number of ether oxygens (including phenoxy) is 1. The summed E-state index contributed by atoms with van der Waals surface area (Å²) in [6.07, 6.45) is 0.929. The minimum Gasteiger partial charge on any atom is -0.487 e. The fourth-order valence-corrected chi connectivity index (χ4v) is 2.44. The van der Waals surface area contributed by atoms with Gasteiger partial charge in [0, 0.05) is 17.5 Å². The van der Waals surface area contributed by atoms with Crippen LogP contribution in [-0.4, -0.2) is 43.0 Å². The molecule has 2 rings (SSSR count). The number of nitrogens with one attached hydrogen (secondary N) is 1. The van der Waals surface area contributed by atoms with Crippen molar-refractivity contribution in [2.45, 2.75) is 13.0 Å². The van der Waals surface area contributed by atoms with Crippen LogP contribution in [0.5, 0.6) is 5.75 Å². The van der Waals surface area contributed by atoms with Crippen LogP contribution in [-0.2, 0) is 6.61 Å². The van der Waals surface area contributed by atoms with Crippen LogP contribution in [0.2, 0.25) is 0 Å². The van der Waals surface area contributed by atoms with Crippen molar-refractivity contribution in [2.75, 3.05) is 27.2 Å². The summed E-state index contributed by atoms with van der Waals surface area (Å²) in [5.41, 5.74) is 3.28. The Balaban J connectivity index is 1.83. The summed E-state index contributed by atoms with van der Waals surface area (Å²) in [6, 6.07) is 7.21. The normalized spacial score (nSPS) is 10.7. The quantitative estimate of drug-likeness (QED) is 0.759. The van der Waals surface area contributed by atoms with Crippen LogP contribution in [0.3, 0.4) is 0 Å². The lowest BCUT2D eigenvalue weighted by molar-refractivity contribution is 0.0952. The van der Waals surface area contributed by atoms with Crippen molar-refractivity contribution < 1.29 is 9.53 Å². The molecule has 2 aromatic rings. The standard InChI is InChI=1S/C16H21N3O2S/c1-19(2)8-4-7-17-16(20)13-5-3-6-15(9-13)21-10-14-11-22-12-18-14/h3,5-6,9,11-12H,4,7-8,10H2,1-2H3,(H,17,20). The lowest BCUT2D eigenvalue weighted by Crippen LogP contribution is -2.27. The van der Waals surface area contributed by atoms with Crippen molar-refractivity contribution in [3.05, 3.63) is 46.4 Å². The Morgan fingerprint density at radius 2 is 2.27 bits per heavy atom. The first-order valence-corrected chi connectivity index (χ1v) is 8.12. The van der Waals surface area contributed by atoms with Gasteiger partial charge in [-0.2, -0.15) is 0 Å². The highest BCUT2D eigenvalue weighted by Gasteiger charge is 2.06. The molecule has 22 heavy (non-hydrogen) atoms. The summed E-state index contributed by atoms with van der Waals surface area (Å²) < 4.78 is 5.66. The first-order chi connectivity index (χ1) is 10.6. The number of thiazole rings is 1. The number of benzene rings is 1. The van der Waals surface area contributed by atoms with Crippen LogP contribution in [0, 0.1) is 0 Å². The van der Waals surface area contributed by atoms with Crippen LogP contribution < -0.4 is 10.1 Å². The molecule has 1 heterocycles. The Labute approximate surface area is 134 Å². The number of rotatable bonds is 8. The van der Waals surface area contributed by atoms with Gasteiger partial charge in [0.25, 0.3) is 5.91 Å². The molecule has 0 atom stereocenters. The molecule has 0 fully saturated rings. The maximum absolute atomic E-state index is 12.1. The van der Waals surface area contributed by atoms with Crippen LogP contribution in [0.1, 0.15) is 22.5 Å². The number of carbonyl (C=O) groups excluding carboxylic acids is 1. The van der Waals surface area contributed by atoms with Crippen molar-refractivity contribution >= 4 is 17.2 Å². The molecule has 1 aromatic heterocycles. The molecule has 1 amide bonds. The predicted octanol–water partition coefficient (Wildman–Crippen LogP) is 2.40. The Hall–Kier alpha value is -1.92. The molecule has 1 aromatic carbocycles. The molecule has 0 aliphatic rings. The first-order valence-electron chi connectivity index (χ1n) is 7.18. The van der Waals surface area contributed by atoms with E-state index in [1.807, 2.05) is 31.6 Å². The van der Waals surface area contributed by atoms with E-state index >= 15 is 0 Å². The summed E-state index contributed by atoms with van der Waals surface area (Å²) in [6.45, 7) is 2.04. The highest BCUT2D eigenvalue weighted by atomic mass is 32.1. The minimum absolute atomic E-state index is 0.0714.